The Labute approximate surface area is 135 Å². The lowest BCUT2D eigenvalue weighted by atomic mass is 10.1. The van der Waals surface area contributed by atoms with E-state index in [0.29, 0.717) is 25.8 Å². The van der Waals surface area contributed by atoms with Gasteiger partial charge in [0, 0.05) is 36.5 Å². The number of rotatable bonds is 9. The third kappa shape index (κ3) is 5.41. The number of fused-ring (bicyclic) bond motifs is 1. The SMILES string of the molecule is O=C(CCCCCC(=O)NCCc1c[nH]c2ccccc12)NO. The third-order valence-electron chi connectivity index (χ3n) is 3.82. The van der Waals surface area contributed by atoms with Crippen LogP contribution in [-0.4, -0.2) is 28.6 Å². The number of benzene rings is 1. The summed E-state index contributed by atoms with van der Waals surface area (Å²) in [5.41, 5.74) is 3.91. The van der Waals surface area contributed by atoms with E-state index >= 15 is 0 Å². The highest BCUT2D eigenvalue weighted by atomic mass is 16.5. The molecular formula is C17H23N3O3. The van der Waals surface area contributed by atoms with Crippen LogP contribution in [0, 0.1) is 0 Å². The predicted octanol–water partition coefficient (Wildman–Crippen LogP) is 2.28. The van der Waals surface area contributed by atoms with Gasteiger partial charge in [0.15, 0.2) is 0 Å². The molecule has 0 radical (unpaired) electrons. The molecule has 2 amide bonds. The fourth-order valence-corrected chi connectivity index (χ4v) is 2.57. The number of unbranched alkanes of at least 4 members (excludes halogenated alkanes) is 2. The molecule has 1 aromatic carbocycles. The first-order chi connectivity index (χ1) is 11.2. The minimum atomic E-state index is -0.381. The fraction of sp³-hybridized carbons (Fsp3) is 0.412. The molecule has 0 fully saturated rings. The zero-order valence-electron chi connectivity index (χ0n) is 13.1. The molecule has 1 aromatic heterocycles. The fourth-order valence-electron chi connectivity index (χ4n) is 2.57. The summed E-state index contributed by atoms with van der Waals surface area (Å²) in [6.45, 7) is 0.619. The van der Waals surface area contributed by atoms with Crippen LogP contribution in [0.15, 0.2) is 30.5 Å². The lowest BCUT2D eigenvalue weighted by molar-refractivity contribution is -0.129. The molecule has 0 spiro atoms. The van der Waals surface area contributed by atoms with Crippen LogP contribution in [-0.2, 0) is 16.0 Å². The second kappa shape index (κ2) is 8.95. The van der Waals surface area contributed by atoms with Gasteiger partial charge in [-0.25, -0.2) is 5.48 Å². The maximum Gasteiger partial charge on any atom is 0.243 e. The Morgan fingerprint density at radius 2 is 1.78 bits per heavy atom. The number of amides is 2. The Morgan fingerprint density at radius 3 is 2.57 bits per heavy atom. The highest BCUT2D eigenvalue weighted by Crippen LogP contribution is 2.17. The van der Waals surface area contributed by atoms with Crippen molar-refractivity contribution in [2.45, 2.75) is 38.5 Å². The molecule has 124 valence electrons. The van der Waals surface area contributed by atoms with Crippen LogP contribution >= 0.6 is 0 Å². The van der Waals surface area contributed by atoms with Crippen LogP contribution in [0.5, 0.6) is 0 Å². The lowest BCUT2D eigenvalue weighted by Crippen LogP contribution is -2.25. The summed E-state index contributed by atoms with van der Waals surface area (Å²) in [4.78, 5) is 25.8. The summed E-state index contributed by atoms with van der Waals surface area (Å²) < 4.78 is 0. The summed E-state index contributed by atoms with van der Waals surface area (Å²) in [5, 5.41) is 12.5. The largest absolute Gasteiger partial charge is 0.361 e. The first-order valence-corrected chi connectivity index (χ1v) is 7.95. The molecule has 1 heterocycles. The molecule has 6 nitrogen and oxygen atoms in total. The first-order valence-electron chi connectivity index (χ1n) is 7.95. The molecule has 6 heteroatoms. The Balaban J connectivity index is 1.61. The quantitative estimate of drug-likeness (QED) is 0.325. The summed E-state index contributed by atoms with van der Waals surface area (Å²) in [6.07, 6.45) is 5.76. The molecule has 4 N–H and O–H groups in total. The van der Waals surface area contributed by atoms with Gasteiger partial charge >= 0.3 is 0 Å². The van der Waals surface area contributed by atoms with Gasteiger partial charge in [0.1, 0.15) is 0 Å². The van der Waals surface area contributed by atoms with Crippen molar-refractivity contribution in [3.05, 3.63) is 36.0 Å². The second-order valence-electron chi connectivity index (χ2n) is 5.56. The van der Waals surface area contributed by atoms with Gasteiger partial charge in [-0.1, -0.05) is 24.6 Å². The highest BCUT2D eigenvalue weighted by molar-refractivity contribution is 5.83. The van der Waals surface area contributed by atoms with Gasteiger partial charge in [-0.05, 0) is 30.9 Å². The summed E-state index contributed by atoms with van der Waals surface area (Å²) in [5.74, 6) is -0.343. The number of carbonyl (C=O) groups excluding carboxylic acids is 2. The van der Waals surface area contributed by atoms with Gasteiger partial charge in [0.25, 0.3) is 0 Å². The van der Waals surface area contributed by atoms with Crippen molar-refractivity contribution in [2.24, 2.45) is 0 Å². The van der Waals surface area contributed by atoms with Crippen LogP contribution in [0.3, 0.4) is 0 Å². The molecule has 2 rings (SSSR count). The van der Waals surface area contributed by atoms with Gasteiger partial charge in [-0.2, -0.15) is 0 Å². The number of H-pyrrole nitrogens is 1. The van der Waals surface area contributed by atoms with Gasteiger partial charge in [-0.15, -0.1) is 0 Å². The van der Waals surface area contributed by atoms with Gasteiger partial charge in [0.2, 0.25) is 11.8 Å². The molecule has 0 aliphatic rings. The number of aromatic amines is 1. The van der Waals surface area contributed by atoms with E-state index in [4.69, 9.17) is 5.21 Å². The monoisotopic (exact) mass is 317 g/mol. The van der Waals surface area contributed by atoms with Crippen LogP contribution < -0.4 is 10.8 Å². The normalized spacial score (nSPS) is 10.7. The van der Waals surface area contributed by atoms with E-state index in [1.165, 1.54) is 10.9 Å². The Hall–Kier alpha value is -2.34. The molecule has 0 aliphatic carbocycles. The van der Waals surface area contributed by atoms with E-state index in [1.54, 1.807) is 5.48 Å². The van der Waals surface area contributed by atoms with Gasteiger partial charge < -0.3 is 10.3 Å². The highest BCUT2D eigenvalue weighted by Gasteiger charge is 2.05. The van der Waals surface area contributed by atoms with Crippen molar-refractivity contribution < 1.29 is 14.8 Å². The Bertz CT molecular complexity index is 651. The Morgan fingerprint density at radius 1 is 1.04 bits per heavy atom. The number of hydrogen-bond donors (Lipinski definition) is 4. The molecule has 0 atom stereocenters. The standard InChI is InChI=1S/C17H23N3O3/c21-16(8-2-1-3-9-17(22)20-23)18-11-10-13-12-19-15-7-5-4-6-14(13)15/h4-7,12,19,23H,1-3,8-11H2,(H,18,21)(H,20,22). The number of hydroxylamine groups is 1. The van der Waals surface area contributed by atoms with Crippen LogP contribution in [0.25, 0.3) is 10.9 Å². The van der Waals surface area contributed by atoms with Gasteiger partial charge in [-0.3, -0.25) is 14.8 Å². The maximum atomic E-state index is 11.8. The zero-order valence-corrected chi connectivity index (χ0v) is 13.1. The van der Waals surface area contributed by atoms with Gasteiger partial charge in [0.05, 0.1) is 0 Å². The van der Waals surface area contributed by atoms with Crippen molar-refractivity contribution in [3.8, 4) is 0 Å². The molecular weight excluding hydrogens is 294 g/mol. The molecule has 0 bridgehead atoms. The molecule has 0 aliphatic heterocycles. The van der Waals surface area contributed by atoms with E-state index in [0.717, 1.165) is 24.8 Å². The third-order valence-corrected chi connectivity index (χ3v) is 3.82. The van der Waals surface area contributed by atoms with Crippen molar-refractivity contribution in [3.63, 3.8) is 0 Å². The molecule has 0 unspecified atom stereocenters. The van der Waals surface area contributed by atoms with Crippen LogP contribution in [0.1, 0.15) is 37.7 Å². The number of aromatic nitrogens is 1. The minimum absolute atomic E-state index is 0.0384. The van der Waals surface area contributed by atoms with Crippen molar-refractivity contribution >= 4 is 22.7 Å². The van der Waals surface area contributed by atoms with Crippen molar-refractivity contribution in [1.82, 2.24) is 15.8 Å². The molecule has 23 heavy (non-hydrogen) atoms. The molecule has 0 saturated carbocycles. The average molecular weight is 317 g/mol. The van der Waals surface area contributed by atoms with Crippen LogP contribution in [0.4, 0.5) is 0 Å². The topological polar surface area (TPSA) is 94.2 Å². The van der Waals surface area contributed by atoms with Crippen molar-refractivity contribution in [1.29, 1.82) is 0 Å². The van der Waals surface area contributed by atoms with Crippen molar-refractivity contribution in [2.75, 3.05) is 6.54 Å². The average Bonchev–Trinajstić information content (AvgIpc) is 2.97. The second-order valence-corrected chi connectivity index (χ2v) is 5.56. The summed E-state index contributed by atoms with van der Waals surface area (Å²) in [7, 11) is 0. The van der Waals surface area contributed by atoms with E-state index in [9.17, 15) is 9.59 Å². The number of hydrogen-bond acceptors (Lipinski definition) is 3. The zero-order chi connectivity index (χ0) is 16.5. The molecule has 2 aromatic rings. The lowest BCUT2D eigenvalue weighted by Gasteiger charge is -2.05. The predicted molar refractivity (Wildman–Crippen MR) is 88.0 cm³/mol. The van der Waals surface area contributed by atoms with E-state index in [1.807, 2.05) is 24.4 Å². The molecule has 0 saturated heterocycles. The maximum absolute atomic E-state index is 11.8. The van der Waals surface area contributed by atoms with E-state index in [-0.39, 0.29) is 11.8 Å². The number of nitrogens with one attached hydrogen (secondary N) is 3. The Kier molecular flexibility index (Phi) is 6.62. The smallest absolute Gasteiger partial charge is 0.243 e. The summed E-state index contributed by atoms with van der Waals surface area (Å²) >= 11 is 0. The summed E-state index contributed by atoms with van der Waals surface area (Å²) in [6, 6.07) is 8.11. The number of carbonyl (C=O) groups is 2. The minimum Gasteiger partial charge on any atom is -0.361 e. The van der Waals surface area contributed by atoms with E-state index < -0.39 is 0 Å². The number of para-hydroxylation sites is 1. The first kappa shape index (κ1) is 17.0. The van der Waals surface area contributed by atoms with Crippen LogP contribution in [0.2, 0.25) is 0 Å². The van der Waals surface area contributed by atoms with E-state index in [2.05, 4.69) is 16.4 Å².